The fraction of sp³-hybridized carbons (Fsp3) is 0.733. The van der Waals surface area contributed by atoms with Crippen LogP contribution in [0.4, 0.5) is 4.39 Å². The molecule has 1 aliphatic rings. The van der Waals surface area contributed by atoms with E-state index in [1.807, 2.05) is 0 Å². The van der Waals surface area contributed by atoms with Gasteiger partial charge in [0, 0.05) is 51.8 Å². The molecule has 0 radical (unpaired) electrons. The number of hydrogen-bond acceptors (Lipinski definition) is 5. The Kier molecular flexibility index (Phi) is 6.48. The Morgan fingerprint density at radius 3 is 2.90 bits per heavy atom. The number of aromatic nitrogens is 2. The van der Waals surface area contributed by atoms with E-state index < -0.39 is 6.17 Å². The summed E-state index contributed by atoms with van der Waals surface area (Å²) in [6.07, 6.45) is 4.32. The Labute approximate surface area is 126 Å². The van der Waals surface area contributed by atoms with Crippen molar-refractivity contribution in [3.63, 3.8) is 0 Å². The SMILES string of the molecule is COCCCN(C)C[C@@H]1C[C@H](F)CN1Cc1ncccn1. The van der Waals surface area contributed by atoms with Crippen LogP contribution in [0.1, 0.15) is 18.7 Å². The lowest BCUT2D eigenvalue weighted by molar-refractivity contribution is 0.156. The molecule has 1 aliphatic heterocycles. The van der Waals surface area contributed by atoms with Crippen LogP contribution in [0.2, 0.25) is 0 Å². The van der Waals surface area contributed by atoms with Crippen LogP contribution in [-0.4, -0.2) is 72.4 Å². The molecule has 1 fully saturated rings. The Balaban J connectivity index is 1.84. The van der Waals surface area contributed by atoms with Crippen molar-refractivity contribution in [3.8, 4) is 0 Å². The van der Waals surface area contributed by atoms with Gasteiger partial charge in [0.2, 0.25) is 0 Å². The van der Waals surface area contributed by atoms with Gasteiger partial charge in [0.25, 0.3) is 0 Å². The molecule has 0 spiro atoms. The van der Waals surface area contributed by atoms with E-state index in [2.05, 4.69) is 26.8 Å². The zero-order valence-electron chi connectivity index (χ0n) is 12.9. The van der Waals surface area contributed by atoms with Gasteiger partial charge in [0.1, 0.15) is 12.0 Å². The fourth-order valence-corrected chi connectivity index (χ4v) is 2.83. The molecule has 0 amide bonds. The van der Waals surface area contributed by atoms with Crippen LogP contribution in [0.5, 0.6) is 0 Å². The van der Waals surface area contributed by atoms with Gasteiger partial charge in [-0.2, -0.15) is 0 Å². The van der Waals surface area contributed by atoms with E-state index in [4.69, 9.17) is 4.74 Å². The van der Waals surface area contributed by atoms with E-state index in [0.29, 0.717) is 19.5 Å². The maximum absolute atomic E-state index is 13.8. The van der Waals surface area contributed by atoms with E-state index in [9.17, 15) is 4.39 Å². The highest BCUT2D eigenvalue weighted by molar-refractivity contribution is 4.93. The van der Waals surface area contributed by atoms with Crippen LogP contribution < -0.4 is 0 Å². The molecule has 0 N–H and O–H groups in total. The summed E-state index contributed by atoms with van der Waals surface area (Å²) >= 11 is 0. The zero-order chi connectivity index (χ0) is 15.1. The van der Waals surface area contributed by atoms with Crippen LogP contribution in [0.25, 0.3) is 0 Å². The fourth-order valence-electron chi connectivity index (χ4n) is 2.83. The number of likely N-dealkylation sites (tertiary alicyclic amines) is 1. The molecule has 1 aromatic rings. The van der Waals surface area contributed by atoms with E-state index >= 15 is 0 Å². The topological polar surface area (TPSA) is 41.5 Å². The summed E-state index contributed by atoms with van der Waals surface area (Å²) in [4.78, 5) is 12.9. The average Bonchev–Trinajstić information content (AvgIpc) is 2.80. The highest BCUT2D eigenvalue weighted by Gasteiger charge is 2.32. The van der Waals surface area contributed by atoms with Crippen molar-refractivity contribution < 1.29 is 9.13 Å². The van der Waals surface area contributed by atoms with Gasteiger partial charge in [0.15, 0.2) is 0 Å². The summed E-state index contributed by atoms with van der Waals surface area (Å²) in [5.41, 5.74) is 0. The van der Waals surface area contributed by atoms with Crippen molar-refractivity contribution in [2.75, 3.05) is 40.4 Å². The van der Waals surface area contributed by atoms with Crippen LogP contribution in [0.15, 0.2) is 18.5 Å². The highest BCUT2D eigenvalue weighted by Crippen LogP contribution is 2.22. The molecule has 0 bridgehead atoms. The Hall–Kier alpha value is -1.11. The van der Waals surface area contributed by atoms with Gasteiger partial charge in [-0.15, -0.1) is 0 Å². The largest absolute Gasteiger partial charge is 0.385 e. The summed E-state index contributed by atoms with van der Waals surface area (Å²) in [6, 6.07) is 2.03. The number of rotatable bonds is 8. The van der Waals surface area contributed by atoms with Crippen molar-refractivity contribution in [2.24, 2.45) is 0 Å². The summed E-state index contributed by atoms with van der Waals surface area (Å²) < 4.78 is 18.8. The highest BCUT2D eigenvalue weighted by atomic mass is 19.1. The predicted octanol–water partition coefficient (Wildman–Crippen LogP) is 1.36. The van der Waals surface area contributed by atoms with Crippen molar-refractivity contribution >= 4 is 0 Å². The number of likely N-dealkylation sites (N-methyl/N-ethyl adjacent to an activating group) is 1. The zero-order valence-corrected chi connectivity index (χ0v) is 12.9. The lowest BCUT2D eigenvalue weighted by atomic mass is 10.2. The van der Waals surface area contributed by atoms with Crippen LogP contribution in [0, 0.1) is 0 Å². The van der Waals surface area contributed by atoms with E-state index in [1.165, 1.54) is 0 Å². The standard InChI is InChI=1S/C15H25FN4O/c1-19(7-4-8-21-2)11-14-9-13(16)10-20(14)12-15-17-5-3-6-18-15/h3,5-6,13-14H,4,7-12H2,1-2H3/t13-,14-/m0/s1. The summed E-state index contributed by atoms with van der Waals surface area (Å²) in [5, 5.41) is 0. The first-order valence-electron chi connectivity index (χ1n) is 7.50. The second kappa shape index (κ2) is 8.36. The molecule has 5 nitrogen and oxygen atoms in total. The first-order chi connectivity index (χ1) is 10.2. The number of hydrogen-bond donors (Lipinski definition) is 0. The number of nitrogens with zero attached hydrogens (tertiary/aromatic N) is 4. The predicted molar refractivity (Wildman–Crippen MR) is 79.7 cm³/mol. The minimum Gasteiger partial charge on any atom is -0.385 e. The maximum atomic E-state index is 13.8. The molecule has 0 saturated carbocycles. The van der Waals surface area contributed by atoms with Gasteiger partial charge in [-0.25, -0.2) is 14.4 Å². The van der Waals surface area contributed by atoms with E-state index in [0.717, 1.165) is 31.9 Å². The molecule has 6 heteroatoms. The second-order valence-corrected chi connectivity index (χ2v) is 5.69. The summed E-state index contributed by atoms with van der Waals surface area (Å²) in [7, 11) is 3.80. The number of methoxy groups -OCH3 is 1. The summed E-state index contributed by atoms with van der Waals surface area (Å²) in [6.45, 7) is 3.71. The molecule has 1 saturated heterocycles. The first kappa shape index (κ1) is 16.3. The molecule has 0 aliphatic carbocycles. The van der Waals surface area contributed by atoms with E-state index in [1.54, 1.807) is 25.6 Å². The van der Waals surface area contributed by atoms with Gasteiger partial charge in [-0.3, -0.25) is 4.90 Å². The molecule has 2 heterocycles. The first-order valence-corrected chi connectivity index (χ1v) is 7.50. The third kappa shape index (κ3) is 5.30. The average molecular weight is 296 g/mol. The quantitative estimate of drug-likeness (QED) is 0.678. The normalized spacial score (nSPS) is 23.0. The van der Waals surface area contributed by atoms with Crippen LogP contribution in [0.3, 0.4) is 0 Å². The van der Waals surface area contributed by atoms with Crippen LogP contribution >= 0.6 is 0 Å². The van der Waals surface area contributed by atoms with Crippen molar-refractivity contribution in [3.05, 3.63) is 24.3 Å². The number of halogens is 1. The number of ether oxygens (including phenoxy) is 1. The molecule has 21 heavy (non-hydrogen) atoms. The third-order valence-electron chi connectivity index (χ3n) is 3.85. The summed E-state index contributed by atoms with van der Waals surface area (Å²) in [5.74, 6) is 0.763. The lowest BCUT2D eigenvalue weighted by Crippen LogP contribution is -2.39. The third-order valence-corrected chi connectivity index (χ3v) is 3.85. The van der Waals surface area contributed by atoms with E-state index in [-0.39, 0.29) is 6.04 Å². The van der Waals surface area contributed by atoms with Gasteiger partial charge in [0.05, 0.1) is 6.54 Å². The Morgan fingerprint density at radius 2 is 2.19 bits per heavy atom. The molecular formula is C15H25FN4O. The maximum Gasteiger partial charge on any atom is 0.142 e. The molecule has 1 aromatic heterocycles. The smallest absolute Gasteiger partial charge is 0.142 e. The monoisotopic (exact) mass is 296 g/mol. The van der Waals surface area contributed by atoms with Gasteiger partial charge < -0.3 is 9.64 Å². The molecule has 2 atom stereocenters. The Bertz CT molecular complexity index is 406. The molecular weight excluding hydrogens is 271 g/mol. The lowest BCUT2D eigenvalue weighted by Gasteiger charge is -2.27. The van der Waals surface area contributed by atoms with Crippen molar-refractivity contribution in [2.45, 2.75) is 31.6 Å². The molecule has 2 rings (SSSR count). The van der Waals surface area contributed by atoms with Gasteiger partial charge in [-0.05, 0) is 26.0 Å². The second-order valence-electron chi connectivity index (χ2n) is 5.69. The number of alkyl halides is 1. The van der Waals surface area contributed by atoms with Crippen LogP contribution in [-0.2, 0) is 11.3 Å². The van der Waals surface area contributed by atoms with Gasteiger partial charge in [-0.1, -0.05) is 0 Å². The minimum atomic E-state index is -0.744. The van der Waals surface area contributed by atoms with Crippen molar-refractivity contribution in [1.82, 2.24) is 19.8 Å². The Morgan fingerprint density at radius 1 is 1.43 bits per heavy atom. The van der Waals surface area contributed by atoms with Gasteiger partial charge >= 0.3 is 0 Å². The minimum absolute atomic E-state index is 0.233. The molecule has 0 aromatic carbocycles. The van der Waals surface area contributed by atoms with Crippen molar-refractivity contribution in [1.29, 1.82) is 0 Å². The molecule has 0 unspecified atom stereocenters. The molecule has 118 valence electrons.